The SMILES string of the molecule is O=C(NCc1ccc(C(=O)N2CCN(CC3CC3)CC2)nc1)Nc1ccc(Cl)cc1Cl. The smallest absolute Gasteiger partial charge is 0.319 e. The van der Waals surface area contributed by atoms with Gasteiger partial charge in [0.05, 0.1) is 10.7 Å². The maximum atomic E-state index is 12.7. The second kappa shape index (κ2) is 9.85. The van der Waals surface area contributed by atoms with Crippen molar-refractivity contribution in [3.8, 4) is 0 Å². The summed E-state index contributed by atoms with van der Waals surface area (Å²) in [6.45, 7) is 4.78. The Morgan fingerprint density at radius 1 is 1.06 bits per heavy atom. The van der Waals surface area contributed by atoms with Gasteiger partial charge in [-0.1, -0.05) is 29.3 Å². The van der Waals surface area contributed by atoms with Crippen molar-refractivity contribution < 1.29 is 9.59 Å². The molecule has 2 fully saturated rings. The Kier molecular flexibility index (Phi) is 6.95. The molecule has 2 heterocycles. The number of rotatable bonds is 6. The van der Waals surface area contributed by atoms with E-state index in [0.29, 0.717) is 21.4 Å². The number of anilines is 1. The van der Waals surface area contributed by atoms with Crippen LogP contribution in [0.4, 0.5) is 10.5 Å². The molecule has 1 aromatic heterocycles. The fourth-order valence-corrected chi connectivity index (χ4v) is 4.01. The van der Waals surface area contributed by atoms with E-state index in [4.69, 9.17) is 23.2 Å². The zero-order valence-corrected chi connectivity index (χ0v) is 18.6. The zero-order chi connectivity index (χ0) is 21.8. The molecule has 2 aromatic rings. The van der Waals surface area contributed by atoms with E-state index in [1.54, 1.807) is 36.5 Å². The number of carbonyl (C=O) groups excluding carboxylic acids is 2. The quantitative estimate of drug-likeness (QED) is 0.683. The van der Waals surface area contributed by atoms with Gasteiger partial charge in [-0.3, -0.25) is 14.7 Å². The first-order valence-corrected chi connectivity index (χ1v) is 11.2. The second-order valence-corrected chi connectivity index (χ2v) is 8.86. The summed E-state index contributed by atoms with van der Waals surface area (Å²) in [5, 5.41) is 6.28. The molecule has 2 N–H and O–H groups in total. The van der Waals surface area contributed by atoms with E-state index in [9.17, 15) is 9.59 Å². The van der Waals surface area contributed by atoms with Crippen LogP contribution in [0.3, 0.4) is 0 Å². The first-order valence-electron chi connectivity index (χ1n) is 10.4. The molecule has 0 spiro atoms. The molecule has 0 bridgehead atoms. The monoisotopic (exact) mass is 461 g/mol. The van der Waals surface area contributed by atoms with Crippen LogP contribution in [0.1, 0.15) is 28.9 Å². The predicted octanol–water partition coefficient (Wildman–Crippen LogP) is 3.88. The minimum absolute atomic E-state index is 0.0410. The molecular weight excluding hydrogens is 437 g/mol. The fraction of sp³-hybridized carbons (Fsp3) is 0.409. The summed E-state index contributed by atoms with van der Waals surface area (Å²) in [6.07, 6.45) is 4.31. The molecule has 0 atom stereocenters. The Balaban J connectivity index is 1.24. The van der Waals surface area contributed by atoms with Crippen LogP contribution in [0.15, 0.2) is 36.5 Å². The highest BCUT2D eigenvalue weighted by molar-refractivity contribution is 6.36. The van der Waals surface area contributed by atoms with Gasteiger partial charge in [0, 0.05) is 50.5 Å². The highest BCUT2D eigenvalue weighted by Gasteiger charge is 2.28. The minimum atomic E-state index is -0.395. The van der Waals surface area contributed by atoms with Crippen molar-refractivity contribution in [3.63, 3.8) is 0 Å². The Morgan fingerprint density at radius 3 is 2.48 bits per heavy atom. The molecule has 3 amide bonds. The van der Waals surface area contributed by atoms with Crippen LogP contribution in [-0.2, 0) is 6.54 Å². The standard InChI is InChI=1S/C22H25Cl2N5O2/c23-17-4-6-19(18(24)11-17)27-22(31)26-13-16-3-5-20(25-12-16)21(30)29-9-7-28(8-10-29)14-15-1-2-15/h3-6,11-12,15H,1-2,7-10,13-14H2,(H2,26,27,31). The van der Waals surface area contributed by atoms with Gasteiger partial charge in [-0.2, -0.15) is 0 Å². The third-order valence-corrected chi connectivity index (χ3v) is 6.10. The molecule has 9 heteroatoms. The van der Waals surface area contributed by atoms with Crippen molar-refractivity contribution in [1.29, 1.82) is 0 Å². The van der Waals surface area contributed by atoms with Gasteiger partial charge in [0.2, 0.25) is 0 Å². The number of hydrogen-bond acceptors (Lipinski definition) is 4. The highest BCUT2D eigenvalue weighted by Crippen LogP contribution is 2.30. The van der Waals surface area contributed by atoms with Gasteiger partial charge in [-0.05, 0) is 48.6 Å². The van der Waals surface area contributed by atoms with E-state index in [1.807, 2.05) is 4.90 Å². The zero-order valence-electron chi connectivity index (χ0n) is 17.1. The molecule has 1 saturated heterocycles. The lowest BCUT2D eigenvalue weighted by Gasteiger charge is -2.34. The third-order valence-electron chi connectivity index (χ3n) is 5.55. The first-order chi connectivity index (χ1) is 15.0. The summed E-state index contributed by atoms with van der Waals surface area (Å²) < 4.78 is 0. The summed E-state index contributed by atoms with van der Waals surface area (Å²) >= 11 is 11.9. The summed E-state index contributed by atoms with van der Waals surface area (Å²) in [5.74, 6) is 0.830. The number of urea groups is 1. The average Bonchev–Trinajstić information content (AvgIpc) is 3.59. The maximum absolute atomic E-state index is 12.7. The fourth-order valence-electron chi connectivity index (χ4n) is 3.56. The molecule has 2 aliphatic rings. The number of benzene rings is 1. The van der Waals surface area contributed by atoms with Crippen molar-refractivity contribution in [2.75, 3.05) is 38.0 Å². The molecule has 31 heavy (non-hydrogen) atoms. The van der Waals surface area contributed by atoms with E-state index in [0.717, 1.165) is 37.7 Å². The summed E-state index contributed by atoms with van der Waals surface area (Å²) in [6, 6.07) is 7.97. The van der Waals surface area contributed by atoms with E-state index in [-0.39, 0.29) is 12.5 Å². The maximum Gasteiger partial charge on any atom is 0.319 e. The molecule has 1 aromatic carbocycles. The molecule has 7 nitrogen and oxygen atoms in total. The predicted molar refractivity (Wildman–Crippen MR) is 122 cm³/mol. The molecule has 0 radical (unpaired) electrons. The Hall–Kier alpha value is -2.35. The normalized spacial score (nSPS) is 16.8. The Bertz CT molecular complexity index is 941. The number of nitrogens with zero attached hydrogens (tertiary/aromatic N) is 3. The van der Waals surface area contributed by atoms with Gasteiger partial charge in [0.25, 0.3) is 5.91 Å². The van der Waals surface area contributed by atoms with Crippen molar-refractivity contribution in [2.24, 2.45) is 5.92 Å². The second-order valence-electron chi connectivity index (χ2n) is 8.02. The van der Waals surface area contributed by atoms with Gasteiger partial charge >= 0.3 is 6.03 Å². The molecule has 1 saturated carbocycles. The van der Waals surface area contributed by atoms with Crippen LogP contribution in [0.5, 0.6) is 0 Å². The number of carbonyl (C=O) groups is 2. The number of pyridine rings is 1. The molecule has 164 valence electrons. The van der Waals surface area contributed by atoms with Crippen LogP contribution in [-0.4, -0.2) is 59.4 Å². The lowest BCUT2D eigenvalue weighted by atomic mass is 10.2. The Morgan fingerprint density at radius 2 is 1.84 bits per heavy atom. The van der Waals surface area contributed by atoms with Crippen molar-refractivity contribution >= 4 is 40.8 Å². The van der Waals surface area contributed by atoms with Gasteiger partial charge in [0.15, 0.2) is 0 Å². The van der Waals surface area contributed by atoms with Crippen LogP contribution in [0, 0.1) is 5.92 Å². The van der Waals surface area contributed by atoms with Crippen LogP contribution < -0.4 is 10.6 Å². The van der Waals surface area contributed by atoms with Gasteiger partial charge in [-0.25, -0.2) is 4.79 Å². The number of aromatic nitrogens is 1. The lowest BCUT2D eigenvalue weighted by Crippen LogP contribution is -2.49. The van der Waals surface area contributed by atoms with Crippen LogP contribution >= 0.6 is 23.2 Å². The molecular formula is C22H25Cl2N5O2. The number of amides is 3. The minimum Gasteiger partial charge on any atom is -0.335 e. The summed E-state index contributed by atoms with van der Waals surface area (Å²) in [4.78, 5) is 33.4. The molecule has 1 aliphatic carbocycles. The number of nitrogens with one attached hydrogen (secondary N) is 2. The summed E-state index contributed by atoms with van der Waals surface area (Å²) in [5.41, 5.74) is 1.69. The third kappa shape index (κ3) is 6.09. The lowest BCUT2D eigenvalue weighted by molar-refractivity contribution is 0.0626. The van der Waals surface area contributed by atoms with Crippen LogP contribution in [0.2, 0.25) is 10.0 Å². The number of hydrogen-bond donors (Lipinski definition) is 2. The molecule has 4 rings (SSSR count). The van der Waals surface area contributed by atoms with Gasteiger partial charge < -0.3 is 15.5 Å². The van der Waals surface area contributed by atoms with Gasteiger partial charge in [-0.15, -0.1) is 0 Å². The topological polar surface area (TPSA) is 77.6 Å². The van der Waals surface area contributed by atoms with Gasteiger partial charge in [0.1, 0.15) is 5.69 Å². The van der Waals surface area contributed by atoms with E-state index >= 15 is 0 Å². The number of halogens is 2. The molecule has 0 unspecified atom stereocenters. The van der Waals surface area contributed by atoms with Crippen molar-refractivity contribution in [2.45, 2.75) is 19.4 Å². The number of piperazine rings is 1. The van der Waals surface area contributed by atoms with Crippen molar-refractivity contribution in [1.82, 2.24) is 20.1 Å². The largest absolute Gasteiger partial charge is 0.335 e. The van der Waals surface area contributed by atoms with Crippen molar-refractivity contribution in [3.05, 3.63) is 57.8 Å². The summed E-state index contributed by atoms with van der Waals surface area (Å²) in [7, 11) is 0. The first kappa shape index (κ1) is 21.9. The Labute approximate surface area is 191 Å². The molecule has 1 aliphatic heterocycles. The average molecular weight is 462 g/mol. The highest BCUT2D eigenvalue weighted by atomic mass is 35.5. The van der Waals surface area contributed by atoms with E-state index < -0.39 is 6.03 Å². The van der Waals surface area contributed by atoms with Crippen LogP contribution in [0.25, 0.3) is 0 Å². The van der Waals surface area contributed by atoms with E-state index in [2.05, 4.69) is 20.5 Å². The van der Waals surface area contributed by atoms with E-state index in [1.165, 1.54) is 19.4 Å².